The van der Waals surface area contributed by atoms with Crippen molar-refractivity contribution in [3.05, 3.63) is 70.1 Å². The molecule has 3 heterocycles. The highest BCUT2D eigenvalue weighted by atomic mass is 16.7. The molecule has 254 valence electrons. The van der Waals surface area contributed by atoms with E-state index in [-0.39, 0.29) is 11.3 Å². The lowest BCUT2D eigenvalue weighted by atomic mass is 9.99. The summed E-state index contributed by atoms with van der Waals surface area (Å²) in [5.41, 5.74) is -1.20. The van der Waals surface area contributed by atoms with Crippen molar-refractivity contribution in [3.8, 4) is 17.2 Å². The van der Waals surface area contributed by atoms with Crippen molar-refractivity contribution in [2.45, 2.75) is 55.6 Å². The molecule has 8 atom stereocenters. The maximum atomic E-state index is 12.3. The molecule has 2 fully saturated rings. The van der Waals surface area contributed by atoms with Crippen molar-refractivity contribution < 1.29 is 67.9 Å². The van der Waals surface area contributed by atoms with Crippen molar-refractivity contribution in [2.75, 3.05) is 34.0 Å². The van der Waals surface area contributed by atoms with Crippen LogP contribution in [-0.2, 0) is 23.7 Å². The second-order valence-electron chi connectivity index (χ2n) is 11.1. The molecule has 0 unspecified atom stereocenters. The number of carbonyl (C=O) groups is 1. The van der Waals surface area contributed by atoms with Crippen LogP contribution in [0.5, 0.6) is 17.2 Å². The number of ether oxygens (including phenoxy) is 7. The van der Waals surface area contributed by atoms with E-state index in [4.69, 9.17) is 37.6 Å². The summed E-state index contributed by atoms with van der Waals surface area (Å²) >= 11 is 0. The van der Waals surface area contributed by atoms with E-state index in [0.29, 0.717) is 28.0 Å². The van der Waals surface area contributed by atoms with Crippen molar-refractivity contribution in [1.29, 1.82) is 0 Å². The van der Waals surface area contributed by atoms with Crippen molar-refractivity contribution in [3.63, 3.8) is 0 Å². The first-order chi connectivity index (χ1) is 22.4. The maximum Gasteiger partial charge on any atom is 0.339 e. The molecular formula is C32H36O15. The van der Waals surface area contributed by atoms with Crippen LogP contribution in [0.1, 0.15) is 11.1 Å². The molecule has 0 aliphatic carbocycles. The van der Waals surface area contributed by atoms with Crippen LogP contribution in [0.15, 0.2) is 57.8 Å². The van der Waals surface area contributed by atoms with Crippen LogP contribution in [0.25, 0.3) is 17.0 Å². The highest BCUT2D eigenvalue weighted by Crippen LogP contribution is 2.32. The Kier molecular flexibility index (Phi) is 10.5. The Bertz CT molecular complexity index is 1650. The number of aryl methyl sites for hydroxylation is 1. The molecule has 3 aromatic rings. The summed E-state index contributed by atoms with van der Waals surface area (Å²) in [6.07, 6.45) is -8.51. The van der Waals surface area contributed by atoms with E-state index >= 15 is 0 Å². The zero-order valence-corrected chi connectivity index (χ0v) is 25.7. The van der Waals surface area contributed by atoms with Gasteiger partial charge in [0.25, 0.3) is 0 Å². The Balaban J connectivity index is 1.17. The van der Waals surface area contributed by atoms with E-state index in [1.807, 2.05) is 0 Å². The molecule has 5 N–H and O–H groups in total. The van der Waals surface area contributed by atoms with Gasteiger partial charge in [0.2, 0.25) is 6.29 Å². The van der Waals surface area contributed by atoms with Crippen LogP contribution < -0.4 is 19.8 Å². The average molecular weight is 661 g/mol. The summed E-state index contributed by atoms with van der Waals surface area (Å²) in [7, 11) is 2.98. The third kappa shape index (κ3) is 7.42. The topological polar surface area (TPSA) is 213 Å². The van der Waals surface area contributed by atoms with Gasteiger partial charge < -0.3 is 63.1 Å². The maximum absolute atomic E-state index is 12.3. The predicted octanol–water partition coefficient (Wildman–Crippen LogP) is 0.0265. The molecule has 15 nitrogen and oxygen atoms in total. The first kappa shape index (κ1) is 34.3. The van der Waals surface area contributed by atoms with Gasteiger partial charge in [0.05, 0.1) is 38.9 Å². The monoisotopic (exact) mass is 660 g/mol. The van der Waals surface area contributed by atoms with Crippen LogP contribution in [0, 0.1) is 6.92 Å². The molecule has 1 aromatic heterocycles. The first-order valence-electron chi connectivity index (χ1n) is 14.5. The molecule has 0 spiro atoms. The number of methoxy groups -OCH3 is 2. The van der Waals surface area contributed by atoms with Crippen LogP contribution in [-0.4, -0.2) is 114 Å². The number of esters is 1. The van der Waals surface area contributed by atoms with Crippen molar-refractivity contribution in [1.82, 2.24) is 0 Å². The van der Waals surface area contributed by atoms with Crippen LogP contribution >= 0.6 is 0 Å². The van der Waals surface area contributed by atoms with E-state index in [2.05, 4.69) is 0 Å². The molecule has 15 heteroatoms. The minimum atomic E-state index is -2.03. The van der Waals surface area contributed by atoms with Crippen LogP contribution in [0.3, 0.4) is 0 Å². The Labute approximate surface area is 268 Å². The number of fused-ring (bicyclic) bond motifs is 1. The summed E-state index contributed by atoms with van der Waals surface area (Å²) in [6.45, 7) is 0.169. The molecule has 2 aromatic carbocycles. The molecule has 2 aliphatic rings. The van der Waals surface area contributed by atoms with E-state index < -0.39 is 80.1 Å². The van der Waals surface area contributed by atoms with Crippen LogP contribution in [0.4, 0.5) is 0 Å². The van der Waals surface area contributed by atoms with E-state index in [1.54, 1.807) is 43.3 Å². The standard InChI is InChI=1S/C32H36O15/c1-16-5-4-6-19-25(16)21(12-24(34)45-19)46-30-28(37)27(36)26(35)22(47-30)13-42-31-29(38)32(39,15-44-31)14-43-23(33)10-8-17-7-9-18(40-2)20(11-17)41-3/h4-12,22,26-31,35-39H,13-15H2,1-3H3/t22-,26-,27+,28-,29+,30-,31-,32-/m1/s1. The van der Waals surface area contributed by atoms with Gasteiger partial charge in [0.15, 0.2) is 23.4 Å². The fraction of sp³-hybridized carbons (Fsp3) is 0.438. The van der Waals surface area contributed by atoms with Gasteiger partial charge in [-0.2, -0.15) is 0 Å². The third-order valence-corrected chi connectivity index (χ3v) is 7.87. The molecule has 2 aliphatic heterocycles. The zero-order chi connectivity index (χ0) is 33.9. The number of rotatable bonds is 11. The summed E-state index contributed by atoms with van der Waals surface area (Å²) in [4.78, 5) is 24.4. The molecule has 0 radical (unpaired) electrons. The predicted molar refractivity (Wildman–Crippen MR) is 161 cm³/mol. The number of carbonyl (C=O) groups excluding carboxylic acids is 1. The molecule has 47 heavy (non-hydrogen) atoms. The van der Waals surface area contributed by atoms with E-state index in [0.717, 1.165) is 12.1 Å². The van der Waals surface area contributed by atoms with E-state index in [9.17, 15) is 35.1 Å². The van der Waals surface area contributed by atoms with Crippen molar-refractivity contribution >= 4 is 23.0 Å². The van der Waals surface area contributed by atoms with E-state index in [1.165, 1.54) is 20.3 Å². The fourth-order valence-corrected chi connectivity index (χ4v) is 5.21. The number of hydrogen-bond donors (Lipinski definition) is 5. The summed E-state index contributed by atoms with van der Waals surface area (Å²) in [5.74, 6) is 0.193. The highest BCUT2D eigenvalue weighted by molar-refractivity contribution is 5.87. The Hall–Kier alpha value is -4.06. The van der Waals surface area contributed by atoms with Crippen LogP contribution in [0.2, 0.25) is 0 Å². The normalized spacial score (nSPS) is 29.2. The lowest BCUT2D eigenvalue weighted by molar-refractivity contribution is -0.289. The van der Waals surface area contributed by atoms with Gasteiger partial charge >= 0.3 is 11.6 Å². The molecule has 5 rings (SSSR count). The molecule has 0 bridgehead atoms. The van der Waals surface area contributed by atoms with Crippen molar-refractivity contribution in [2.24, 2.45) is 0 Å². The van der Waals surface area contributed by atoms with Gasteiger partial charge in [-0.05, 0) is 42.3 Å². The minimum absolute atomic E-state index is 0.0226. The van der Waals surface area contributed by atoms with Gasteiger partial charge in [0, 0.05) is 6.08 Å². The van der Waals surface area contributed by atoms with Gasteiger partial charge in [-0.3, -0.25) is 0 Å². The van der Waals surface area contributed by atoms with Gasteiger partial charge in [-0.1, -0.05) is 18.2 Å². The Morgan fingerprint density at radius 2 is 1.74 bits per heavy atom. The second-order valence-corrected chi connectivity index (χ2v) is 11.1. The summed E-state index contributed by atoms with van der Waals surface area (Å²) in [6, 6.07) is 11.1. The average Bonchev–Trinajstić information content (AvgIpc) is 3.34. The van der Waals surface area contributed by atoms with Gasteiger partial charge in [-0.25, -0.2) is 9.59 Å². The Morgan fingerprint density at radius 3 is 2.49 bits per heavy atom. The Morgan fingerprint density at radius 1 is 0.979 bits per heavy atom. The SMILES string of the molecule is COc1ccc(C=CC(=O)OC[C@@]2(O)CO[C@@H](OC[C@H]3O[C@@H](Oc4cc(=O)oc5cccc(C)c45)[C@H](O)[C@@H](O)[C@@H]3O)[C@@H]2O)cc1OC. The zero-order valence-electron chi connectivity index (χ0n) is 25.7. The fourth-order valence-electron chi connectivity index (χ4n) is 5.21. The number of aliphatic hydroxyl groups is 5. The number of benzene rings is 2. The van der Waals surface area contributed by atoms with Gasteiger partial charge in [0.1, 0.15) is 48.5 Å². The lowest BCUT2D eigenvalue weighted by Gasteiger charge is -2.40. The number of hydrogen-bond acceptors (Lipinski definition) is 15. The first-order valence-corrected chi connectivity index (χ1v) is 14.5. The highest BCUT2D eigenvalue weighted by Gasteiger charge is 2.51. The minimum Gasteiger partial charge on any atom is -0.493 e. The third-order valence-electron chi connectivity index (χ3n) is 7.87. The summed E-state index contributed by atoms with van der Waals surface area (Å²) < 4.78 is 43.2. The number of aliphatic hydroxyl groups excluding tert-OH is 4. The quantitative estimate of drug-likeness (QED) is 0.104. The smallest absolute Gasteiger partial charge is 0.339 e. The largest absolute Gasteiger partial charge is 0.493 e. The molecular weight excluding hydrogens is 624 g/mol. The van der Waals surface area contributed by atoms with Gasteiger partial charge in [-0.15, -0.1) is 0 Å². The summed E-state index contributed by atoms with van der Waals surface area (Å²) in [5, 5.41) is 53.7. The molecule has 0 saturated carbocycles. The lowest BCUT2D eigenvalue weighted by Crippen LogP contribution is -2.60. The second kappa shape index (κ2) is 14.4. The molecule has 0 amide bonds. The molecule has 2 saturated heterocycles.